The summed E-state index contributed by atoms with van der Waals surface area (Å²) in [6.07, 6.45) is 0.946. The van der Waals surface area contributed by atoms with Crippen LogP contribution in [0.5, 0.6) is 0 Å². The second-order valence-corrected chi connectivity index (χ2v) is 9.41. The van der Waals surface area contributed by atoms with Crippen LogP contribution < -0.4 is 4.72 Å². The van der Waals surface area contributed by atoms with Crippen molar-refractivity contribution in [3.8, 4) is 0 Å². The Hall–Kier alpha value is -2.06. The summed E-state index contributed by atoms with van der Waals surface area (Å²) in [5.41, 5.74) is 3.75. The van der Waals surface area contributed by atoms with Gasteiger partial charge in [-0.25, -0.2) is 17.5 Å². The molecule has 0 radical (unpaired) electrons. The Morgan fingerprint density at radius 2 is 1.82 bits per heavy atom. The highest BCUT2D eigenvalue weighted by Crippen LogP contribution is 2.29. The zero-order valence-corrected chi connectivity index (χ0v) is 16.8. The molecular formula is C21H21FN2O2S2. The summed E-state index contributed by atoms with van der Waals surface area (Å²) in [7, 11) is -3.70. The number of hydrogen-bond acceptors (Lipinski definition) is 4. The number of rotatable bonds is 6. The molecule has 1 aliphatic heterocycles. The van der Waals surface area contributed by atoms with Gasteiger partial charge in [0.2, 0.25) is 10.0 Å². The lowest BCUT2D eigenvalue weighted by Crippen LogP contribution is -2.40. The Balaban J connectivity index is 1.54. The normalized spacial score (nSPS) is 15.9. The lowest BCUT2D eigenvalue weighted by Gasteiger charge is -2.35. The van der Waals surface area contributed by atoms with Crippen LogP contribution in [-0.4, -0.2) is 26.4 Å². The Labute approximate surface area is 168 Å². The molecule has 0 saturated heterocycles. The number of benzene rings is 2. The summed E-state index contributed by atoms with van der Waals surface area (Å²) in [5, 5.41) is 4.08. The van der Waals surface area contributed by atoms with E-state index in [-0.39, 0.29) is 17.5 Å². The predicted octanol–water partition coefficient (Wildman–Crippen LogP) is 3.97. The van der Waals surface area contributed by atoms with E-state index in [2.05, 4.69) is 33.2 Å². The number of hydrogen-bond donors (Lipinski definition) is 1. The maximum atomic E-state index is 13.1. The largest absolute Gasteiger partial charge is 0.290 e. The predicted molar refractivity (Wildman–Crippen MR) is 109 cm³/mol. The molecule has 0 aliphatic carbocycles. The van der Waals surface area contributed by atoms with Crippen LogP contribution in [0.15, 0.2) is 70.3 Å². The lowest BCUT2D eigenvalue weighted by molar-refractivity contribution is 0.181. The fraction of sp³-hybridized carbons (Fsp3) is 0.238. The van der Waals surface area contributed by atoms with Crippen molar-refractivity contribution in [1.29, 1.82) is 0 Å². The molecular weight excluding hydrogens is 395 g/mol. The molecule has 3 aromatic rings. The minimum Gasteiger partial charge on any atom is -0.290 e. The van der Waals surface area contributed by atoms with Crippen molar-refractivity contribution in [3.05, 3.63) is 87.9 Å². The number of fused-ring (bicyclic) bond motifs is 1. The molecule has 1 aliphatic rings. The minimum absolute atomic E-state index is 0.0603. The van der Waals surface area contributed by atoms with Crippen molar-refractivity contribution >= 4 is 21.4 Å². The van der Waals surface area contributed by atoms with E-state index in [4.69, 9.17) is 0 Å². The summed E-state index contributed by atoms with van der Waals surface area (Å²) < 4.78 is 41.1. The number of nitrogens with zero attached hydrogens (tertiary/aromatic N) is 1. The van der Waals surface area contributed by atoms with Crippen LogP contribution in [0.2, 0.25) is 0 Å². The lowest BCUT2D eigenvalue weighted by atomic mass is 9.97. The van der Waals surface area contributed by atoms with Crippen molar-refractivity contribution in [2.24, 2.45) is 0 Å². The van der Waals surface area contributed by atoms with E-state index < -0.39 is 15.8 Å². The fourth-order valence-corrected chi connectivity index (χ4v) is 5.34. The van der Waals surface area contributed by atoms with Gasteiger partial charge < -0.3 is 0 Å². The van der Waals surface area contributed by atoms with Crippen LogP contribution >= 0.6 is 11.3 Å². The quantitative estimate of drug-likeness (QED) is 0.662. The van der Waals surface area contributed by atoms with Crippen LogP contribution in [0.3, 0.4) is 0 Å². The molecule has 7 heteroatoms. The van der Waals surface area contributed by atoms with Gasteiger partial charge in [-0.05, 0) is 64.2 Å². The first-order valence-electron chi connectivity index (χ1n) is 9.11. The second kappa shape index (κ2) is 8.13. The molecule has 0 amide bonds. The molecule has 1 aromatic heterocycles. The third-order valence-corrected chi connectivity index (χ3v) is 7.26. The van der Waals surface area contributed by atoms with E-state index >= 15 is 0 Å². The Morgan fingerprint density at radius 3 is 2.54 bits per heavy atom. The van der Waals surface area contributed by atoms with Crippen molar-refractivity contribution in [3.63, 3.8) is 0 Å². The average Bonchev–Trinajstić information content (AvgIpc) is 3.23. The molecule has 1 atom stereocenters. The summed E-state index contributed by atoms with van der Waals surface area (Å²) in [5.74, 6) is -0.456. The Bertz CT molecular complexity index is 1030. The van der Waals surface area contributed by atoms with Crippen molar-refractivity contribution in [2.45, 2.75) is 23.9 Å². The maximum Gasteiger partial charge on any atom is 0.240 e. The molecule has 0 unspecified atom stereocenters. The van der Waals surface area contributed by atoms with Gasteiger partial charge in [-0.1, -0.05) is 24.3 Å². The van der Waals surface area contributed by atoms with E-state index in [1.54, 1.807) is 11.3 Å². The Kier molecular flexibility index (Phi) is 5.59. The van der Waals surface area contributed by atoms with Crippen LogP contribution in [0, 0.1) is 5.82 Å². The zero-order chi connectivity index (χ0) is 19.6. The van der Waals surface area contributed by atoms with Gasteiger partial charge in [0.25, 0.3) is 0 Å². The topological polar surface area (TPSA) is 49.4 Å². The number of sulfonamides is 1. The van der Waals surface area contributed by atoms with Crippen molar-refractivity contribution < 1.29 is 12.8 Å². The number of nitrogens with one attached hydrogen (secondary N) is 1. The number of thiophene rings is 1. The summed E-state index contributed by atoms with van der Waals surface area (Å²) in [6.45, 7) is 1.92. The highest BCUT2D eigenvalue weighted by atomic mass is 32.2. The van der Waals surface area contributed by atoms with E-state index in [1.807, 2.05) is 17.5 Å². The van der Waals surface area contributed by atoms with Crippen molar-refractivity contribution in [2.75, 3.05) is 13.1 Å². The van der Waals surface area contributed by atoms with E-state index in [0.717, 1.165) is 37.2 Å². The van der Waals surface area contributed by atoms with Crippen LogP contribution in [0.1, 0.15) is 22.7 Å². The standard InChI is InChI=1S/C21H21FN2O2S2/c22-19-5-7-20(8-6-19)28(25,26)23-13-21(18-10-12-27-15-18)24-11-9-16-3-1-2-4-17(16)14-24/h1-8,10,12,15,21,23H,9,11,13-14H2/t21-/m1/s1. The van der Waals surface area contributed by atoms with E-state index in [1.165, 1.54) is 23.3 Å². The van der Waals surface area contributed by atoms with Crippen LogP contribution in [-0.2, 0) is 23.0 Å². The molecule has 1 N–H and O–H groups in total. The highest BCUT2D eigenvalue weighted by Gasteiger charge is 2.27. The number of halogens is 1. The van der Waals surface area contributed by atoms with Crippen LogP contribution in [0.4, 0.5) is 4.39 Å². The molecule has 2 aromatic carbocycles. The molecule has 4 rings (SSSR count). The van der Waals surface area contributed by atoms with Gasteiger partial charge in [0.15, 0.2) is 0 Å². The van der Waals surface area contributed by atoms with Gasteiger partial charge in [-0.2, -0.15) is 11.3 Å². The summed E-state index contributed by atoms with van der Waals surface area (Å²) in [6, 6.07) is 15.3. The van der Waals surface area contributed by atoms with Gasteiger partial charge in [0, 0.05) is 25.7 Å². The zero-order valence-electron chi connectivity index (χ0n) is 15.2. The fourth-order valence-electron chi connectivity index (χ4n) is 3.59. The van der Waals surface area contributed by atoms with E-state index in [9.17, 15) is 12.8 Å². The molecule has 0 bridgehead atoms. The van der Waals surface area contributed by atoms with Crippen molar-refractivity contribution in [1.82, 2.24) is 9.62 Å². The van der Waals surface area contributed by atoms with Gasteiger partial charge in [0.05, 0.1) is 4.90 Å². The summed E-state index contributed by atoms with van der Waals surface area (Å²) in [4.78, 5) is 2.39. The molecule has 0 fully saturated rings. The maximum absolute atomic E-state index is 13.1. The highest BCUT2D eigenvalue weighted by molar-refractivity contribution is 7.89. The molecule has 4 nitrogen and oxygen atoms in total. The van der Waals surface area contributed by atoms with Gasteiger partial charge in [-0.3, -0.25) is 4.90 Å². The van der Waals surface area contributed by atoms with Gasteiger partial charge in [0.1, 0.15) is 5.82 Å². The second-order valence-electron chi connectivity index (χ2n) is 6.87. The summed E-state index contributed by atoms with van der Waals surface area (Å²) >= 11 is 1.60. The van der Waals surface area contributed by atoms with Crippen LogP contribution in [0.25, 0.3) is 0 Å². The molecule has 2 heterocycles. The van der Waals surface area contributed by atoms with E-state index in [0.29, 0.717) is 0 Å². The molecule has 0 spiro atoms. The third kappa shape index (κ3) is 4.17. The van der Waals surface area contributed by atoms with Gasteiger partial charge >= 0.3 is 0 Å². The SMILES string of the molecule is O=S(=O)(NC[C@H](c1ccsc1)N1CCc2ccccc2C1)c1ccc(F)cc1. The smallest absolute Gasteiger partial charge is 0.240 e. The molecule has 146 valence electrons. The minimum atomic E-state index is -3.70. The first-order chi connectivity index (χ1) is 13.5. The average molecular weight is 417 g/mol. The first kappa shape index (κ1) is 19.3. The third-order valence-electron chi connectivity index (χ3n) is 5.12. The Morgan fingerprint density at radius 1 is 1.07 bits per heavy atom. The van der Waals surface area contributed by atoms with Gasteiger partial charge in [-0.15, -0.1) is 0 Å². The monoisotopic (exact) mass is 416 g/mol. The molecule has 28 heavy (non-hydrogen) atoms. The first-order valence-corrected chi connectivity index (χ1v) is 11.5. The molecule has 0 saturated carbocycles.